The first-order chi connectivity index (χ1) is 21.7. The van der Waals surface area contributed by atoms with Gasteiger partial charge >= 0.3 is 5.97 Å². The molecule has 5 aliphatic carbocycles. The lowest BCUT2D eigenvalue weighted by Crippen LogP contribution is -2.65. The maximum absolute atomic E-state index is 11.8. The van der Waals surface area contributed by atoms with Crippen LogP contribution in [0.4, 0.5) is 0 Å². The monoisotopic (exact) mass is 630 g/mol. The van der Waals surface area contributed by atoms with Crippen LogP contribution >= 0.6 is 0 Å². The Kier molecular flexibility index (Phi) is 9.79. The van der Waals surface area contributed by atoms with Gasteiger partial charge in [0.05, 0.1) is 5.56 Å². The second-order valence-electron chi connectivity index (χ2n) is 17.0. The fraction of sp³-hybridized carbons (Fsp3) is 0.707. The van der Waals surface area contributed by atoms with Gasteiger partial charge in [0.25, 0.3) is 0 Å². The summed E-state index contributed by atoms with van der Waals surface area (Å²) >= 11 is 0. The van der Waals surface area contributed by atoms with Gasteiger partial charge in [-0.1, -0.05) is 65.3 Å². The van der Waals surface area contributed by atoms with E-state index in [1.807, 2.05) is 19.1 Å². The number of allylic oxidation sites excluding steroid dienone is 3. The standard InChI is InChI=1S/C38H56N2O3.C3H6/c1-34(2)27(25-9-11-26(12-10-25)33(42)43)15-19-35(3)30(34)16-20-37(5)31(35)14-13-28-29-8-7-18-38(29,22-21-36(28,37)4)24-40-23-17-32(41)39-6;1-3-2/h9-12,15,28-31,40H,7-8,13-14,16-24H2,1-6H3,(H,39,41)(H,42,43);3H,1H2,2H3/t28?,29?,30?,31?,35?,36-,37?,38?;/m1./s1. The van der Waals surface area contributed by atoms with Crippen LogP contribution in [0.5, 0.6) is 0 Å². The second-order valence-corrected chi connectivity index (χ2v) is 17.0. The number of carbonyl (C=O) groups is 2. The number of fused-ring (bicyclic) bond motifs is 7. The van der Waals surface area contributed by atoms with Crippen LogP contribution in [0, 0.1) is 50.7 Å². The Morgan fingerprint density at radius 3 is 2.26 bits per heavy atom. The Labute approximate surface area is 279 Å². The van der Waals surface area contributed by atoms with E-state index in [9.17, 15) is 14.7 Å². The lowest BCUT2D eigenvalue weighted by Gasteiger charge is -2.72. The van der Waals surface area contributed by atoms with Gasteiger partial charge in [-0.25, -0.2) is 4.79 Å². The highest BCUT2D eigenvalue weighted by atomic mass is 16.4. The minimum atomic E-state index is -0.860. The molecular weight excluding hydrogens is 568 g/mol. The fourth-order valence-electron chi connectivity index (χ4n) is 12.6. The number of hydrogen-bond donors (Lipinski definition) is 3. The first kappa shape index (κ1) is 34.9. The summed E-state index contributed by atoms with van der Waals surface area (Å²) < 4.78 is 0. The lowest BCUT2D eigenvalue weighted by molar-refractivity contribution is -0.222. The summed E-state index contributed by atoms with van der Waals surface area (Å²) in [4.78, 5) is 23.3. The number of amides is 1. The van der Waals surface area contributed by atoms with Crippen molar-refractivity contribution >= 4 is 17.4 Å². The Morgan fingerprint density at radius 1 is 0.913 bits per heavy atom. The van der Waals surface area contributed by atoms with Crippen LogP contribution < -0.4 is 10.6 Å². The molecule has 1 aromatic rings. The molecule has 5 heteroatoms. The Balaban J connectivity index is 0.00000134. The van der Waals surface area contributed by atoms with Crippen molar-refractivity contribution in [2.45, 2.75) is 112 Å². The molecule has 6 rings (SSSR count). The third kappa shape index (κ3) is 5.51. The molecule has 4 fully saturated rings. The van der Waals surface area contributed by atoms with E-state index in [1.54, 1.807) is 25.3 Å². The molecule has 7 unspecified atom stereocenters. The van der Waals surface area contributed by atoms with Gasteiger partial charge in [0.15, 0.2) is 0 Å². The molecule has 1 aromatic carbocycles. The van der Waals surface area contributed by atoms with Crippen molar-refractivity contribution in [3.63, 3.8) is 0 Å². The van der Waals surface area contributed by atoms with Crippen LogP contribution in [0.2, 0.25) is 0 Å². The number of aromatic carboxylic acids is 1. The highest BCUT2D eigenvalue weighted by Crippen LogP contribution is 2.77. The number of carbonyl (C=O) groups excluding carboxylic acids is 1. The van der Waals surface area contributed by atoms with Gasteiger partial charge < -0.3 is 15.7 Å². The summed E-state index contributed by atoms with van der Waals surface area (Å²) in [7, 11) is 1.73. The highest BCUT2D eigenvalue weighted by molar-refractivity contribution is 5.88. The van der Waals surface area contributed by atoms with E-state index in [1.165, 1.54) is 68.9 Å². The predicted molar refractivity (Wildman–Crippen MR) is 189 cm³/mol. The van der Waals surface area contributed by atoms with E-state index in [-0.39, 0.29) is 16.7 Å². The van der Waals surface area contributed by atoms with Crippen LogP contribution in [0.15, 0.2) is 43.0 Å². The average molecular weight is 631 g/mol. The molecule has 254 valence electrons. The van der Waals surface area contributed by atoms with Crippen molar-refractivity contribution < 1.29 is 14.7 Å². The van der Waals surface area contributed by atoms with Gasteiger partial charge in [-0.15, -0.1) is 6.58 Å². The molecule has 5 aliphatic rings. The normalized spacial score (nSPS) is 38.8. The van der Waals surface area contributed by atoms with Crippen molar-refractivity contribution in [1.29, 1.82) is 0 Å². The molecule has 0 radical (unpaired) electrons. The third-order valence-electron chi connectivity index (χ3n) is 14.8. The van der Waals surface area contributed by atoms with E-state index in [2.05, 4.69) is 57.9 Å². The quantitative estimate of drug-likeness (QED) is 0.207. The third-order valence-corrected chi connectivity index (χ3v) is 14.8. The predicted octanol–water partition coefficient (Wildman–Crippen LogP) is 9.15. The molecule has 8 atom stereocenters. The first-order valence-electron chi connectivity index (χ1n) is 18.3. The minimum Gasteiger partial charge on any atom is -0.478 e. The van der Waals surface area contributed by atoms with Gasteiger partial charge in [-0.05, 0) is 139 Å². The van der Waals surface area contributed by atoms with Crippen LogP contribution in [0.1, 0.15) is 128 Å². The number of carboxylic acid groups (broad SMARTS) is 1. The van der Waals surface area contributed by atoms with Crippen LogP contribution in [0.3, 0.4) is 0 Å². The Morgan fingerprint density at radius 2 is 1.61 bits per heavy atom. The van der Waals surface area contributed by atoms with Crippen molar-refractivity contribution in [3.8, 4) is 0 Å². The van der Waals surface area contributed by atoms with E-state index < -0.39 is 5.97 Å². The Hall–Kier alpha value is -2.40. The summed E-state index contributed by atoms with van der Waals surface area (Å²) in [6.45, 7) is 20.1. The van der Waals surface area contributed by atoms with Gasteiger partial charge in [-0.3, -0.25) is 4.79 Å². The van der Waals surface area contributed by atoms with Crippen LogP contribution in [-0.4, -0.2) is 37.1 Å². The molecule has 1 amide bonds. The fourth-order valence-corrected chi connectivity index (χ4v) is 12.6. The molecule has 4 saturated carbocycles. The van der Waals surface area contributed by atoms with E-state index in [0.29, 0.717) is 34.1 Å². The number of nitrogens with one attached hydrogen (secondary N) is 2. The number of rotatable bonds is 7. The summed E-state index contributed by atoms with van der Waals surface area (Å²) in [5.74, 6) is 2.23. The zero-order chi connectivity index (χ0) is 33.5. The number of benzene rings is 1. The molecular formula is C41H62N2O3. The maximum Gasteiger partial charge on any atom is 0.335 e. The smallest absolute Gasteiger partial charge is 0.335 e. The summed E-state index contributed by atoms with van der Waals surface area (Å²) in [5.41, 5.74) is 4.43. The molecule has 0 saturated heterocycles. The van der Waals surface area contributed by atoms with Crippen LogP contribution in [0.25, 0.3) is 5.57 Å². The minimum absolute atomic E-state index is 0.0460. The SMILES string of the molecule is C=CC.CNC(=O)CCNCC12CCCC1C1CCC3C4(C)CC=C(c5ccc(C(=O)O)cc5)C(C)(C)C4CCC3(C)[C@]1(C)CC2. The van der Waals surface area contributed by atoms with Gasteiger partial charge in [0, 0.05) is 26.6 Å². The lowest BCUT2D eigenvalue weighted by atomic mass is 9.32. The van der Waals surface area contributed by atoms with E-state index >= 15 is 0 Å². The summed E-state index contributed by atoms with van der Waals surface area (Å²) in [6, 6.07) is 7.60. The van der Waals surface area contributed by atoms with Gasteiger partial charge in [0.1, 0.15) is 0 Å². The second kappa shape index (κ2) is 12.9. The molecule has 0 aliphatic heterocycles. The van der Waals surface area contributed by atoms with Crippen molar-refractivity contribution in [2.75, 3.05) is 20.1 Å². The zero-order valence-electron chi connectivity index (χ0n) is 29.9. The maximum atomic E-state index is 11.8. The molecule has 5 nitrogen and oxygen atoms in total. The average Bonchev–Trinajstić information content (AvgIpc) is 3.44. The van der Waals surface area contributed by atoms with Crippen LogP contribution in [-0.2, 0) is 4.79 Å². The van der Waals surface area contributed by atoms with E-state index in [0.717, 1.165) is 37.3 Å². The number of hydrogen-bond acceptors (Lipinski definition) is 3. The molecule has 0 spiro atoms. The molecule has 0 aromatic heterocycles. The molecule has 0 bridgehead atoms. The molecule has 3 N–H and O–H groups in total. The van der Waals surface area contributed by atoms with Gasteiger partial charge in [-0.2, -0.15) is 0 Å². The van der Waals surface area contributed by atoms with Crippen molar-refractivity contribution in [2.24, 2.45) is 50.7 Å². The van der Waals surface area contributed by atoms with Crippen molar-refractivity contribution in [1.82, 2.24) is 10.6 Å². The summed E-state index contributed by atoms with van der Waals surface area (Å²) in [5, 5.41) is 15.9. The topological polar surface area (TPSA) is 78.4 Å². The first-order valence-corrected chi connectivity index (χ1v) is 18.3. The van der Waals surface area contributed by atoms with E-state index in [4.69, 9.17) is 0 Å². The Bertz CT molecular complexity index is 1330. The summed E-state index contributed by atoms with van der Waals surface area (Å²) in [6.07, 6.45) is 18.1. The molecule has 46 heavy (non-hydrogen) atoms. The zero-order valence-corrected chi connectivity index (χ0v) is 29.9. The van der Waals surface area contributed by atoms with Crippen molar-refractivity contribution in [3.05, 3.63) is 54.1 Å². The largest absolute Gasteiger partial charge is 0.478 e. The highest BCUT2D eigenvalue weighted by Gasteiger charge is 2.69. The van der Waals surface area contributed by atoms with Gasteiger partial charge in [0.2, 0.25) is 5.91 Å². The number of carboxylic acids is 1. The molecule has 0 heterocycles.